The lowest BCUT2D eigenvalue weighted by atomic mass is 9.86. The summed E-state index contributed by atoms with van der Waals surface area (Å²) in [7, 11) is -4.39. The number of fused-ring (bicyclic) bond motifs is 3. The summed E-state index contributed by atoms with van der Waals surface area (Å²) in [4.78, 5) is 51.1. The number of piperidine rings is 3. The lowest BCUT2D eigenvalue weighted by Crippen LogP contribution is -2.52. The van der Waals surface area contributed by atoms with Gasteiger partial charge in [0.25, 0.3) is 5.91 Å². The summed E-state index contributed by atoms with van der Waals surface area (Å²) in [5.74, 6) is -4.71. The first-order valence-electron chi connectivity index (χ1n) is 21.3. The Bertz CT molecular complexity index is 2560. The lowest BCUT2D eigenvalue weighted by Gasteiger charge is -2.44. The quantitative estimate of drug-likeness (QED) is 0.0376. The molecular formula is C45H45Cl2F5N4O12S. The third-order valence-corrected chi connectivity index (χ3v) is 13.3. The zero-order chi connectivity index (χ0) is 50.0. The number of amides is 1. The van der Waals surface area contributed by atoms with Crippen molar-refractivity contribution in [2.45, 2.75) is 74.5 Å². The third kappa shape index (κ3) is 15.1. The summed E-state index contributed by atoms with van der Waals surface area (Å²) in [6.07, 6.45) is -1.23. The molecule has 3 aromatic carbocycles. The molecule has 8 rings (SSSR count). The Morgan fingerprint density at radius 2 is 1.57 bits per heavy atom. The van der Waals surface area contributed by atoms with Gasteiger partial charge in [0.15, 0.2) is 23.9 Å². The SMILES string of the molecule is O=C(CCNC(=O)c1cccc(S(=O)(=O)NC(C(=O)O[C@H]2CN3CCC2CC3)c2ccccc2)c1)O[C@@H](Cc1c(Cl)c[n+]([O-])cc1Cl)c1ccc(OC(F)F)c(OCC2CC2)c1.O=C(O)C(F)(F)F. The topological polar surface area (TPSA) is 214 Å². The number of carbonyl (C=O) groups is 4. The molecule has 4 aliphatic rings. The molecule has 1 saturated carbocycles. The van der Waals surface area contributed by atoms with Crippen LogP contribution >= 0.6 is 23.2 Å². The van der Waals surface area contributed by atoms with Crippen LogP contribution in [0, 0.1) is 17.0 Å². The van der Waals surface area contributed by atoms with Gasteiger partial charge in [0, 0.05) is 30.6 Å². The van der Waals surface area contributed by atoms with Gasteiger partial charge in [0.1, 0.15) is 28.3 Å². The number of ether oxygens (including phenoxy) is 4. The Labute approximate surface area is 402 Å². The van der Waals surface area contributed by atoms with Crippen molar-refractivity contribution in [1.29, 1.82) is 0 Å². The number of halogens is 7. The monoisotopic (exact) mass is 1030 g/mol. The van der Waals surface area contributed by atoms with Gasteiger partial charge in [-0.2, -0.15) is 31.4 Å². The first kappa shape index (κ1) is 52.6. The summed E-state index contributed by atoms with van der Waals surface area (Å²) >= 11 is 12.7. The molecule has 2 bridgehead atoms. The molecule has 3 atom stereocenters. The second-order valence-corrected chi connectivity index (χ2v) is 18.8. The summed E-state index contributed by atoms with van der Waals surface area (Å²) in [5, 5.41) is 21.6. The second-order valence-electron chi connectivity index (χ2n) is 16.2. The van der Waals surface area contributed by atoms with Gasteiger partial charge >= 0.3 is 30.7 Å². The highest BCUT2D eigenvalue weighted by molar-refractivity contribution is 7.89. The van der Waals surface area contributed by atoms with Gasteiger partial charge in [-0.05, 0) is 92.1 Å². The highest BCUT2D eigenvalue weighted by Gasteiger charge is 2.40. The fourth-order valence-electron chi connectivity index (χ4n) is 7.45. The van der Waals surface area contributed by atoms with Crippen molar-refractivity contribution in [3.05, 3.63) is 123 Å². The smallest absolute Gasteiger partial charge is 0.490 e. The van der Waals surface area contributed by atoms with Crippen LogP contribution in [0.4, 0.5) is 22.0 Å². The number of aromatic nitrogens is 1. The van der Waals surface area contributed by atoms with E-state index in [1.807, 2.05) is 0 Å². The molecule has 3 N–H and O–H groups in total. The Balaban J connectivity index is 0.00000104. The van der Waals surface area contributed by atoms with Crippen molar-refractivity contribution in [3.63, 3.8) is 0 Å². The minimum atomic E-state index is -5.08. The van der Waals surface area contributed by atoms with Crippen LogP contribution in [0.5, 0.6) is 11.5 Å². The van der Waals surface area contributed by atoms with E-state index in [1.54, 1.807) is 30.3 Å². The Morgan fingerprint density at radius 3 is 2.16 bits per heavy atom. The zero-order valence-electron chi connectivity index (χ0n) is 36.2. The van der Waals surface area contributed by atoms with Gasteiger partial charge in [0.2, 0.25) is 10.0 Å². The number of esters is 2. The summed E-state index contributed by atoms with van der Waals surface area (Å²) in [5.41, 5.74) is 0.926. The van der Waals surface area contributed by atoms with Gasteiger partial charge in [-0.15, -0.1) is 0 Å². The number of sulfonamides is 1. The molecule has 1 amide bonds. The van der Waals surface area contributed by atoms with Gasteiger partial charge in [-0.3, -0.25) is 14.5 Å². The fraction of sp³-hybridized carbons (Fsp3) is 0.400. The highest BCUT2D eigenvalue weighted by Crippen LogP contribution is 2.38. The summed E-state index contributed by atoms with van der Waals surface area (Å²) in [6.45, 7) is -0.635. The number of hydrogen-bond acceptors (Lipinski definition) is 12. The number of nitrogens with one attached hydrogen (secondary N) is 2. The molecule has 1 aromatic heterocycles. The third-order valence-electron chi connectivity index (χ3n) is 11.2. The number of alkyl halides is 5. The molecular weight excluding hydrogens is 986 g/mol. The van der Waals surface area contributed by atoms with Crippen LogP contribution in [0.25, 0.3) is 0 Å². The number of rotatable bonds is 19. The zero-order valence-corrected chi connectivity index (χ0v) is 38.5. The summed E-state index contributed by atoms with van der Waals surface area (Å²) in [6, 6.07) is 16.3. The average molecular weight is 1030 g/mol. The van der Waals surface area contributed by atoms with Crippen LogP contribution in [-0.4, -0.2) is 93.9 Å². The molecule has 372 valence electrons. The van der Waals surface area contributed by atoms with E-state index >= 15 is 0 Å². The lowest BCUT2D eigenvalue weighted by molar-refractivity contribution is -0.605. The maximum atomic E-state index is 13.8. The largest absolute Gasteiger partial charge is 0.619 e. The van der Waals surface area contributed by atoms with E-state index in [0.29, 0.717) is 22.4 Å². The number of pyridine rings is 1. The van der Waals surface area contributed by atoms with Crippen molar-refractivity contribution in [2.24, 2.45) is 11.8 Å². The molecule has 0 spiro atoms. The minimum absolute atomic E-state index is 0.00471. The van der Waals surface area contributed by atoms with E-state index in [2.05, 4.69) is 19.7 Å². The second kappa shape index (κ2) is 23.2. The van der Waals surface area contributed by atoms with Crippen LogP contribution in [0.1, 0.15) is 71.3 Å². The molecule has 1 aliphatic carbocycles. The van der Waals surface area contributed by atoms with E-state index in [-0.39, 0.29) is 81.5 Å². The van der Waals surface area contributed by atoms with Crippen LogP contribution < -0.4 is 24.2 Å². The van der Waals surface area contributed by atoms with Crippen LogP contribution in [0.3, 0.4) is 0 Å². The maximum absolute atomic E-state index is 13.8. The number of aliphatic carboxylic acids is 1. The van der Waals surface area contributed by atoms with Crippen LogP contribution in [-0.2, 0) is 40.3 Å². The van der Waals surface area contributed by atoms with Crippen LogP contribution in [0.2, 0.25) is 10.0 Å². The standard InChI is InChI=1S/C43H44Cl2F2N4O10S.C2HF3O2/c44-33-22-51(55)23-34(45)32(33)21-36(29-11-12-35(61-43(46)47)37(20-29)58-25-26-9-10-26)59-39(52)13-16-48-41(53)30-7-4-8-31(19-30)62(56,57)49-40(28-5-2-1-3-6-28)42(54)60-38-24-50-17-14-27(38)15-18-50;3-2(4,5)1(6)7/h1-8,11-12,19-20,22-23,26-27,36,38,40,43,49H,9-10,13-18,21,24-25H2,(H,48,53);(H,6,7)/t36-,38-,40?;/m0./s1. The van der Waals surface area contributed by atoms with E-state index in [0.717, 1.165) is 57.2 Å². The maximum Gasteiger partial charge on any atom is 0.490 e. The molecule has 4 fully saturated rings. The normalized spacial score (nSPS) is 18.5. The number of carbonyl (C=O) groups excluding carboxylic acids is 3. The van der Waals surface area contributed by atoms with E-state index in [9.17, 15) is 50.0 Å². The Kier molecular flexibility index (Phi) is 17.7. The van der Waals surface area contributed by atoms with Crippen molar-refractivity contribution >= 4 is 57.0 Å². The fourth-order valence-corrected chi connectivity index (χ4v) is 9.26. The molecule has 3 aliphatic heterocycles. The van der Waals surface area contributed by atoms with Gasteiger partial charge < -0.3 is 34.6 Å². The van der Waals surface area contributed by atoms with Crippen molar-refractivity contribution in [2.75, 3.05) is 32.8 Å². The number of hydrogen-bond donors (Lipinski definition) is 3. The molecule has 0 radical (unpaired) electrons. The number of carboxylic acids is 1. The average Bonchev–Trinajstić information content (AvgIpc) is 4.14. The Morgan fingerprint density at radius 1 is 0.899 bits per heavy atom. The van der Waals surface area contributed by atoms with Crippen LogP contribution in [0.15, 0.2) is 90.1 Å². The highest BCUT2D eigenvalue weighted by atomic mass is 35.5. The first-order valence-corrected chi connectivity index (χ1v) is 23.6. The number of benzene rings is 3. The minimum Gasteiger partial charge on any atom is -0.619 e. The molecule has 69 heavy (non-hydrogen) atoms. The summed E-state index contributed by atoms with van der Waals surface area (Å²) < 4.78 is 111. The number of carboxylic acid groups (broad SMARTS) is 1. The van der Waals surface area contributed by atoms with Gasteiger partial charge in [-0.25, -0.2) is 18.0 Å². The van der Waals surface area contributed by atoms with E-state index < -0.39 is 58.8 Å². The molecule has 1 unspecified atom stereocenters. The first-order chi connectivity index (χ1) is 32.7. The predicted molar refractivity (Wildman–Crippen MR) is 235 cm³/mol. The molecule has 4 aromatic rings. The van der Waals surface area contributed by atoms with E-state index in [4.69, 9.17) is 47.3 Å². The molecule has 16 nitrogen and oxygen atoms in total. The molecule has 24 heteroatoms. The van der Waals surface area contributed by atoms with Gasteiger partial charge in [-0.1, -0.05) is 65.7 Å². The predicted octanol–water partition coefficient (Wildman–Crippen LogP) is 6.95. The number of nitrogens with zero attached hydrogens (tertiary/aromatic N) is 2. The van der Waals surface area contributed by atoms with Gasteiger partial charge in [0.05, 0.1) is 17.9 Å². The molecule has 4 heterocycles. The van der Waals surface area contributed by atoms with Crippen molar-refractivity contribution in [1.82, 2.24) is 14.9 Å². The van der Waals surface area contributed by atoms with Crippen molar-refractivity contribution in [3.8, 4) is 11.5 Å². The van der Waals surface area contributed by atoms with E-state index in [1.165, 1.54) is 36.4 Å². The van der Waals surface area contributed by atoms with Crippen molar-refractivity contribution < 1.29 is 78.3 Å². The Hall–Kier alpha value is -5.81. The molecule has 3 saturated heterocycles.